The van der Waals surface area contributed by atoms with E-state index in [0.717, 1.165) is 33.5 Å². The Kier molecular flexibility index (Phi) is 3.67. The summed E-state index contributed by atoms with van der Waals surface area (Å²) in [6, 6.07) is 15.5. The molecule has 0 radical (unpaired) electrons. The van der Waals surface area contributed by atoms with Crippen LogP contribution < -0.4 is 9.47 Å². The van der Waals surface area contributed by atoms with Gasteiger partial charge in [0, 0.05) is 17.0 Å². The third-order valence-electron chi connectivity index (χ3n) is 3.38. The summed E-state index contributed by atoms with van der Waals surface area (Å²) in [5.41, 5.74) is 2.72. The minimum Gasteiger partial charge on any atom is -0.497 e. The molecule has 0 spiro atoms. The molecule has 0 unspecified atom stereocenters. The summed E-state index contributed by atoms with van der Waals surface area (Å²) in [5.74, 6) is 1.58. The first-order valence-corrected chi connectivity index (χ1v) is 6.88. The molecule has 0 bridgehead atoms. The summed E-state index contributed by atoms with van der Waals surface area (Å²) in [7, 11) is 3.28. The number of aromatic nitrogens is 1. The first-order chi connectivity index (χ1) is 10.2. The summed E-state index contributed by atoms with van der Waals surface area (Å²) in [6.45, 7) is 0. The smallest absolute Gasteiger partial charge is 0.137 e. The monoisotopic (exact) mass is 299 g/mol. The average Bonchev–Trinajstić information content (AvgIpc) is 2.53. The Balaban J connectivity index is 2.11. The first kappa shape index (κ1) is 13.7. The van der Waals surface area contributed by atoms with Crippen LogP contribution in [-0.2, 0) is 0 Å². The second kappa shape index (κ2) is 5.62. The van der Waals surface area contributed by atoms with Crippen molar-refractivity contribution in [3.05, 3.63) is 53.7 Å². The summed E-state index contributed by atoms with van der Waals surface area (Å²) < 4.78 is 10.4. The van der Waals surface area contributed by atoms with Crippen LogP contribution in [0.4, 0.5) is 0 Å². The molecule has 0 aliphatic rings. The molecule has 3 rings (SSSR count). The van der Waals surface area contributed by atoms with Gasteiger partial charge < -0.3 is 9.47 Å². The van der Waals surface area contributed by atoms with E-state index in [4.69, 9.17) is 21.1 Å². The van der Waals surface area contributed by atoms with Gasteiger partial charge in [-0.1, -0.05) is 23.7 Å². The number of methoxy groups -OCH3 is 2. The summed E-state index contributed by atoms with van der Waals surface area (Å²) in [6.07, 6.45) is 0. The number of fused-ring (bicyclic) bond motifs is 1. The fourth-order valence-corrected chi connectivity index (χ4v) is 2.48. The minimum absolute atomic E-state index is 0.473. The van der Waals surface area contributed by atoms with Crippen LogP contribution in [0.5, 0.6) is 11.5 Å². The third-order valence-corrected chi connectivity index (χ3v) is 3.67. The second-order valence-electron chi connectivity index (χ2n) is 4.61. The summed E-state index contributed by atoms with van der Waals surface area (Å²) >= 11 is 6.32. The molecule has 0 atom stereocenters. The number of rotatable bonds is 3. The van der Waals surface area contributed by atoms with Crippen molar-refractivity contribution in [3.63, 3.8) is 0 Å². The van der Waals surface area contributed by atoms with E-state index in [2.05, 4.69) is 4.98 Å². The van der Waals surface area contributed by atoms with E-state index < -0.39 is 0 Å². The van der Waals surface area contributed by atoms with Crippen molar-refractivity contribution in [3.8, 4) is 22.6 Å². The predicted octanol–water partition coefficient (Wildman–Crippen LogP) is 4.57. The molecule has 0 fully saturated rings. The fraction of sp³-hybridized carbons (Fsp3) is 0.118. The van der Waals surface area contributed by atoms with E-state index in [0.29, 0.717) is 5.15 Å². The zero-order valence-electron chi connectivity index (χ0n) is 11.8. The number of hydrogen-bond donors (Lipinski definition) is 0. The van der Waals surface area contributed by atoms with Gasteiger partial charge in [0.2, 0.25) is 0 Å². The molecule has 0 N–H and O–H groups in total. The zero-order chi connectivity index (χ0) is 14.8. The number of nitrogens with zero attached hydrogens (tertiary/aromatic N) is 1. The van der Waals surface area contributed by atoms with Gasteiger partial charge in [0.25, 0.3) is 0 Å². The maximum absolute atomic E-state index is 6.32. The van der Waals surface area contributed by atoms with Gasteiger partial charge in [-0.3, -0.25) is 0 Å². The van der Waals surface area contributed by atoms with Crippen LogP contribution in [-0.4, -0.2) is 19.2 Å². The Labute approximate surface area is 128 Å². The van der Waals surface area contributed by atoms with Gasteiger partial charge in [0.1, 0.15) is 16.7 Å². The van der Waals surface area contributed by atoms with E-state index >= 15 is 0 Å². The minimum atomic E-state index is 0.473. The topological polar surface area (TPSA) is 31.4 Å². The van der Waals surface area contributed by atoms with Gasteiger partial charge in [-0.25, -0.2) is 4.98 Å². The molecule has 3 nitrogen and oxygen atoms in total. The molecule has 0 aliphatic carbocycles. The van der Waals surface area contributed by atoms with Crippen LogP contribution in [0.3, 0.4) is 0 Å². The summed E-state index contributed by atoms with van der Waals surface area (Å²) in [4.78, 5) is 4.46. The predicted molar refractivity (Wildman–Crippen MR) is 85.3 cm³/mol. The van der Waals surface area contributed by atoms with Gasteiger partial charge in [0.15, 0.2) is 0 Å². The highest BCUT2D eigenvalue weighted by molar-refractivity contribution is 6.32. The van der Waals surface area contributed by atoms with Crippen LogP contribution in [0.15, 0.2) is 48.5 Å². The van der Waals surface area contributed by atoms with Gasteiger partial charge in [-0.2, -0.15) is 0 Å². The van der Waals surface area contributed by atoms with E-state index in [-0.39, 0.29) is 0 Å². The van der Waals surface area contributed by atoms with E-state index in [1.54, 1.807) is 14.2 Å². The lowest BCUT2D eigenvalue weighted by atomic mass is 10.1. The molecule has 0 saturated heterocycles. The van der Waals surface area contributed by atoms with Crippen molar-refractivity contribution < 1.29 is 9.47 Å². The number of hydrogen-bond acceptors (Lipinski definition) is 3. The van der Waals surface area contributed by atoms with Gasteiger partial charge >= 0.3 is 0 Å². The third kappa shape index (κ3) is 2.65. The maximum atomic E-state index is 6.32. The molecule has 1 aromatic heterocycles. The van der Waals surface area contributed by atoms with Crippen LogP contribution in [0.1, 0.15) is 0 Å². The molecule has 21 heavy (non-hydrogen) atoms. The quantitative estimate of drug-likeness (QED) is 0.664. The molecule has 3 aromatic rings. The highest BCUT2D eigenvalue weighted by atomic mass is 35.5. The van der Waals surface area contributed by atoms with Crippen LogP contribution >= 0.6 is 11.6 Å². The Morgan fingerprint density at radius 2 is 1.52 bits per heavy atom. The van der Waals surface area contributed by atoms with Crippen molar-refractivity contribution in [2.45, 2.75) is 0 Å². The van der Waals surface area contributed by atoms with Crippen LogP contribution in [0.2, 0.25) is 5.15 Å². The molecular weight excluding hydrogens is 286 g/mol. The van der Waals surface area contributed by atoms with Gasteiger partial charge in [0.05, 0.1) is 19.7 Å². The molecule has 106 valence electrons. The van der Waals surface area contributed by atoms with E-state index in [9.17, 15) is 0 Å². The van der Waals surface area contributed by atoms with Crippen LogP contribution in [0, 0.1) is 0 Å². The molecule has 2 aromatic carbocycles. The van der Waals surface area contributed by atoms with E-state index in [1.165, 1.54) is 0 Å². The number of ether oxygens (including phenoxy) is 2. The lowest BCUT2D eigenvalue weighted by Crippen LogP contribution is -1.89. The average molecular weight is 300 g/mol. The number of benzene rings is 2. The van der Waals surface area contributed by atoms with Crippen molar-refractivity contribution in [2.75, 3.05) is 14.2 Å². The van der Waals surface area contributed by atoms with Gasteiger partial charge in [-0.05, 0) is 35.9 Å². The molecule has 4 heteroatoms. The highest BCUT2D eigenvalue weighted by Gasteiger charge is 2.08. The molecular formula is C17H14ClNO2. The zero-order valence-corrected chi connectivity index (χ0v) is 12.5. The van der Waals surface area contributed by atoms with Crippen molar-refractivity contribution in [2.24, 2.45) is 0 Å². The van der Waals surface area contributed by atoms with E-state index in [1.807, 2.05) is 48.5 Å². The Hall–Kier alpha value is -2.26. The maximum Gasteiger partial charge on any atom is 0.137 e. The van der Waals surface area contributed by atoms with Gasteiger partial charge in [-0.15, -0.1) is 0 Å². The largest absolute Gasteiger partial charge is 0.497 e. The standard InChI is InChI=1S/C17H14ClNO2/c1-20-13-6-3-11(4-7-13)15-9-12-5-8-14(21-2)10-16(12)19-17(15)18/h3-10H,1-2H3. The van der Waals surface area contributed by atoms with Crippen molar-refractivity contribution >= 4 is 22.5 Å². The highest BCUT2D eigenvalue weighted by Crippen LogP contribution is 2.32. The van der Waals surface area contributed by atoms with Crippen molar-refractivity contribution in [1.82, 2.24) is 4.98 Å². The van der Waals surface area contributed by atoms with Crippen molar-refractivity contribution in [1.29, 1.82) is 0 Å². The first-order valence-electron chi connectivity index (χ1n) is 6.50. The fourth-order valence-electron chi connectivity index (χ4n) is 2.22. The number of halogens is 1. The molecule has 0 amide bonds. The Bertz CT molecular complexity index is 785. The van der Waals surface area contributed by atoms with Crippen LogP contribution in [0.25, 0.3) is 22.0 Å². The Morgan fingerprint density at radius 1 is 0.857 bits per heavy atom. The lowest BCUT2D eigenvalue weighted by molar-refractivity contribution is 0.415. The molecule has 1 heterocycles. The molecule has 0 aliphatic heterocycles. The SMILES string of the molecule is COc1ccc(-c2cc3ccc(OC)cc3nc2Cl)cc1. The second-order valence-corrected chi connectivity index (χ2v) is 4.97. The Morgan fingerprint density at radius 3 is 2.19 bits per heavy atom. The summed E-state index contributed by atoms with van der Waals surface area (Å²) in [5, 5.41) is 1.49. The lowest BCUT2D eigenvalue weighted by Gasteiger charge is -2.08. The molecule has 0 saturated carbocycles. The number of pyridine rings is 1. The normalized spacial score (nSPS) is 10.6.